The van der Waals surface area contributed by atoms with Gasteiger partial charge in [-0.05, 0) is 53.1 Å². The number of hydrogen-bond acceptors (Lipinski definition) is 6. The summed E-state index contributed by atoms with van der Waals surface area (Å²) in [5.74, 6) is 0.769. The Balaban J connectivity index is 1.30. The minimum atomic E-state index is -0.308. The van der Waals surface area contributed by atoms with Crippen molar-refractivity contribution in [2.75, 3.05) is 19.9 Å². The Morgan fingerprint density at radius 3 is 2.86 bits per heavy atom. The molecule has 148 valence electrons. The van der Waals surface area contributed by atoms with E-state index in [1.165, 1.54) is 10.4 Å². The van der Waals surface area contributed by atoms with Crippen molar-refractivity contribution < 1.29 is 19.1 Å². The van der Waals surface area contributed by atoms with Gasteiger partial charge in [-0.2, -0.15) is 0 Å². The van der Waals surface area contributed by atoms with Crippen molar-refractivity contribution in [3.63, 3.8) is 0 Å². The number of nitrogens with zero attached hydrogens (tertiary/aromatic N) is 1. The van der Waals surface area contributed by atoms with Gasteiger partial charge in [-0.25, -0.2) is 0 Å². The van der Waals surface area contributed by atoms with E-state index in [2.05, 4.69) is 22.8 Å². The molecule has 6 nitrogen and oxygen atoms in total. The molecule has 0 aliphatic carbocycles. The maximum absolute atomic E-state index is 13.0. The smallest absolute Gasteiger partial charge is 0.251 e. The molecule has 2 aromatic heterocycles. The van der Waals surface area contributed by atoms with Crippen molar-refractivity contribution in [1.29, 1.82) is 0 Å². The highest BCUT2D eigenvalue weighted by molar-refractivity contribution is 7.10. The molecule has 0 spiro atoms. The van der Waals surface area contributed by atoms with Gasteiger partial charge in [0.1, 0.15) is 0 Å². The lowest BCUT2D eigenvalue weighted by Crippen LogP contribution is -2.45. The van der Waals surface area contributed by atoms with Crippen molar-refractivity contribution in [2.45, 2.75) is 12.5 Å². The SMILES string of the molecule is O=C(NCC(=O)N1CCc2sccc2[C@H]1c1cccs1)c1ccc2c(c1)OCO2. The molecule has 29 heavy (non-hydrogen) atoms. The van der Waals surface area contributed by atoms with Crippen molar-refractivity contribution in [2.24, 2.45) is 0 Å². The molecule has 0 fully saturated rings. The number of amides is 2. The van der Waals surface area contributed by atoms with Crippen molar-refractivity contribution in [3.8, 4) is 11.5 Å². The third kappa shape index (κ3) is 3.38. The number of thiophene rings is 2. The van der Waals surface area contributed by atoms with Gasteiger partial charge in [0.15, 0.2) is 11.5 Å². The first kappa shape index (κ1) is 18.2. The first-order valence-corrected chi connectivity index (χ1v) is 11.0. The number of hydrogen-bond donors (Lipinski definition) is 1. The van der Waals surface area contributed by atoms with Gasteiger partial charge < -0.3 is 19.7 Å². The van der Waals surface area contributed by atoms with Crippen molar-refractivity contribution in [1.82, 2.24) is 10.2 Å². The summed E-state index contributed by atoms with van der Waals surface area (Å²) in [6, 6.07) is 11.1. The molecule has 0 saturated heterocycles. The van der Waals surface area contributed by atoms with Gasteiger partial charge in [-0.3, -0.25) is 9.59 Å². The highest BCUT2D eigenvalue weighted by Gasteiger charge is 2.33. The zero-order valence-corrected chi connectivity index (χ0v) is 17.1. The van der Waals surface area contributed by atoms with Crippen LogP contribution in [0.2, 0.25) is 0 Å². The maximum atomic E-state index is 13.0. The van der Waals surface area contributed by atoms with Crippen LogP contribution in [0.1, 0.15) is 31.7 Å². The van der Waals surface area contributed by atoms with Crippen LogP contribution in [0.5, 0.6) is 11.5 Å². The average molecular weight is 427 g/mol. The normalized spacial score (nSPS) is 17.1. The minimum absolute atomic E-state index is 0.0470. The lowest BCUT2D eigenvalue weighted by molar-refractivity contribution is -0.132. The molecule has 2 aliphatic heterocycles. The number of carbonyl (C=O) groups is 2. The fourth-order valence-corrected chi connectivity index (χ4v) is 5.49. The minimum Gasteiger partial charge on any atom is -0.454 e. The van der Waals surface area contributed by atoms with E-state index in [4.69, 9.17) is 9.47 Å². The van der Waals surface area contributed by atoms with E-state index >= 15 is 0 Å². The monoisotopic (exact) mass is 426 g/mol. The van der Waals surface area contributed by atoms with E-state index in [-0.39, 0.29) is 31.2 Å². The van der Waals surface area contributed by atoms with E-state index in [1.54, 1.807) is 40.9 Å². The third-order valence-corrected chi connectivity index (χ3v) is 7.06. The number of benzene rings is 1. The van der Waals surface area contributed by atoms with Crippen LogP contribution < -0.4 is 14.8 Å². The highest BCUT2D eigenvalue weighted by atomic mass is 32.1. The van der Waals surface area contributed by atoms with Crippen LogP contribution in [0.25, 0.3) is 0 Å². The largest absolute Gasteiger partial charge is 0.454 e. The van der Waals surface area contributed by atoms with Crippen LogP contribution in [0.15, 0.2) is 47.2 Å². The standard InChI is InChI=1S/C21H18N2O4S2/c24-19(11-22-21(25)13-3-4-15-16(10-13)27-12-26-15)23-7-5-17-14(6-9-29-17)20(23)18-2-1-8-28-18/h1-4,6,8-10,20H,5,7,11-12H2,(H,22,25)/t20-/m0/s1. The summed E-state index contributed by atoms with van der Waals surface area (Å²) in [6.45, 7) is 0.756. The lowest BCUT2D eigenvalue weighted by Gasteiger charge is -2.35. The van der Waals surface area contributed by atoms with Crippen molar-refractivity contribution in [3.05, 3.63) is 68.0 Å². The van der Waals surface area contributed by atoms with Crippen LogP contribution >= 0.6 is 22.7 Å². The zero-order chi connectivity index (χ0) is 19.8. The van der Waals surface area contributed by atoms with Crippen LogP contribution in [-0.4, -0.2) is 36.6 Å². The first-order valence-electron chi connectivity index (χ1n) is 9.27. The average Bonchev–Trinajstić information content (AvgIpc) is 3.51. The van der Waals surface area contributed by atoms with Crippen LogP contribution in [-0.2, 0) is 11.2 Å². The van der Waals surface area contributed by atoms with Crippen LogP contribution in [0.4, 0.5) is 0 Å². The summed E-state index contributed by atoms with van der Waals surface area (Å²) in [5.41, 5.74) is 1.63. The van der Waals surface area contributed by atoms with Gasteiger partial charge in [0.2, 0.25) is 12.7 Å². The Hall–Kier alpha value is -2.84. The molecular weight excluding hydrogens is 408 g/mol. The topological polar surface area (TPSA) is 67.9 Å². The van der Waals surface area contributed by atoms with E-state index in [0.717, 1.165) is 11.3 Å². The van der Waals surface area contributed by atoms with E-state index < -0.39 is 0 Å². The Morgan fingerprint density at radius 2 is 2.00 bits per heavy atom. The lowest BCUT2D eigenvalue weighted by atomic mass is 9.98. The molecule has 8 heteroatoms. The molecule has 5 rings (SSSR count). The number of fused-ring (bicyclic) bond motifs is 2. The predicted octanol–water partition coefficient (Wildman–Crippen LogP) is 3.44. The molecule has 0 saturated carbocycles. The van der Waals surface area contributed by atoms with E-state index in [1.807, 2.05) is 16.3 Å². The summed E-state index contributed by atoms with van der Waals surface area (Å²) in [6.07, 6.45) is 0.844. The molecule has 0 bridgehead atoms. The highest BCUT2D eigenvalue weighted by Crippen LogP contribution is 2.39. The second-order valence-electron chi connectivity index (χ2n) is 6.80. The second-order valence-corrected chi connectivity index (χ2v) is 8.78. The summed E-state index contributed by atoms with van der Waals surface area (Å²) in [4.78, 5) is 29.9. The number of nitrogens with one attached hydrogen (secondary N) is 1. The van der Waals surface area contributed by atoms with E-state index in [9.17, 15) is 9.59 Å². The zero-order valence-electron chi connectivity index (χ0n) is 15.4. The fourth-order valence-electron chi connectivity index (χ4n) is 3.74. The van der Waals surface area contributed by atoms with Gasteiger partial charge in [0, 0.05) is 21.9 Å². The Morgan fingerprint density at radius 1 is 1.10 bits per heavy atom. The second kappa shape index (κ2) is 7.53. The maximum Gasteiger partial charge on any atom is 0.251 e. The molecular formula is C21H18N2O4S2. The molecule has 4 heterocycles. The molecule has 0 unspecified atom stereocenters. The van der Waals surface area contributed by atoms with Crippen LogP contribution in [0.3, 0.4) is 0 Å². The summed E-state index contributed by atoms with van der Waals surface area (Å²) in [5, 5.41) is 6.86. The predicted molar refractivity (Wildman–Crippen MR) is 111 cm³/mol. The van der Waals surface area contributed by atoms with Crippen LogP contribution in [0, 0.1) is 0 Å². The Labute approximate surface area is 175 Å². The summed E-state index contributed by atoms with van der Waals surface area (Å²) in [7, 11) is 0. The van der Waals surface area contributed by atoms with Gasteiger partial charge in [-0.1, -0.05) is 6.07 Å². The molecule has 1 aromatic carbocycles. The van der Waals surface area contributed by atoms with Gasteiger partial charge in [0.25, 0.3) is 5.91 Å². The van der Waals surface area contributed by atoms with Crippen molar-refractivity contribution >= 4 is 34.5 Å². The Kier molecular flexibility index (Phi) is 4.73. The molecule has 1 N–H and O–H groups in total. The molecule has 0 radical (unpaired) electrons. The number of rotatable bonds is 4. The van der Waals surface area contributed by atoms with Gasteiger partial charge >= 0.3 is 0 Å². The fraction of sp³-hybridized carbons (Fsp3) is 0.238. The molecule has 3 aromatic rings. The number of carbonyl (C=O) groups excluding carboxylic acids is 2. The molecule has 1 atom stereocenters. The van der Waals surface area contributed by atoms with Gasteiger partial charge in [-0.15, -0.1) is 22.7 Å². The first-order chi connectivity index (χ1) is 14.2. The van der Waals surface area contributed by atoms with E-state index in [0.29, 0.717) is 23.6 Å². The summed E-state index contributed by atoms with van der Waals surface area (Å²) >= 11 is 3.39. The third-order valence-electron chi connectivity index (χ3n) is 5.13. The Bertz CT molecular complexity index is 1060. The van der Waals surface area contributed by atoms with Gasteiger partial charge in [0.05, 0.1) is 12.6 Å². The summed E-state index contributed by atoms with van der Waals surface area (Å²) < 4.78 is 10.6. The molecule has 2 aliphatic rings. The molecule has 2 amide bonds. The quantitative estimate of drug-likeness (QED) is 0.694. The number of ether oxygens (including phenoxy) is 2.